The third-order valence-corrected chi connectivity index (χ3v) is 5.64. The maximum absolute atomic E-state index is 6.07. The van der Waals surface area contributed by atoms with Crippen molar-refractivity contribution in [3.63, 3.8) is 0 Å². The first kappa shape index (κ1) is 16.9. The molecule has 0 amide bonds. The maximum Gasteiger partial charge on any atom is 0.0606 e. The minimum absolute atomic E-state index is 0.271. The molecule has 2 fully saturated rings. The highest BCUT2D eigenvalue weighted by molar-refractivity contribution is 5.26. The van der Waals surface area contributed by atoms with Gasteiger partial charge in [0.05, 0.1) is 19.3 Å². The van der Waals surface area contributed by atoms with Crippen molar-refractivity contribution in [3.05, 3.63) is 35.9 Å². The lowest BCUT2D eigenvalue weighted by atomic mass is 9.68. The van der Waals surface area contributed by atoms with E-state index in [9.17, 15) is 0 Å². The molecule has 0 aromatic heterocycles. The number of nitrogens with zero attached hydrogens (tertiary/aromatic N) is 1. The van der Waals surface area contributed by atoms with E-state index in [1.165, 1.54) is 18.5 Å². The quantitative estimate of drug-likeness (QED) is 0.830. The van der Waals surface area contributed by atoms with Crippen molar-refractivity contribution in [2.75, 3.05) is 39.5 Å². The fourth-order valence-corrected chi connectivity index (χ4v) is 4.00. The average Bonchev–Trinajstić information content (AvgIpc) is 2.62. The molecule has 2 aliphatic heterocycles. The normalized spacial score (nSPS) is 29.8. The van der Waals surface area contributed by atoms with E-state index in [2.05, 4.69) is 49.1 Å². The highest BCUT2D eigenvalue weighted by Crippen LogP contribution is 2.42. The highest BCUT2D eigenvalue weighted by atomic mass is 16.5. The standard InChI is InChI=1S/C20H31NO2/c1-17(2)19-16-20(9-13-23-19,18-6-4-3-5-7-18)8-10-21-11-14-22-15-12-21/h3-7,17,19H,8-16H2,1-2H3/t19-,20-/m1/s1. The van der Waals surface area contributed by atoms with Crippen LogP contribution in [0.1, 0.15) is 38.7 Å². The Balaban J connectivity index is 1.75. The third kappa shape index (κ3) is 4.14. The topological polar surface area (TPSA) is 21.7 Å². The molecule has 0 bridgehead atoms. The van der Waals surface area contributed by atoms with E-state index in [0.717, 1.165) is 45.8 Å². The summed E-state index contributed by atoms with van der Waals surface area (Å²) in [5.41, 5.74) is 1.77. The molecular formula is C20H31NO2. The Morgan fingerprint density at radius 2 is 1.87 bits per heavy atom. The average molecular weight is 317 g/mol. The van der Waals surface area contributed by atoms with Gasteiger partial charge in [0.1, 0.15) is 0 Å². The Morgan fingerprint density at radius 1 is 1.13 bits per heavy atom. The van der Waals surface area contributed by atoms with Gasteiger partial charge in [-0.3, -0.25) is 4.90 Å². The van der Waals surface area contributed by atoms with Crippen LogP contribution in [0.15, 0.2) is 30.3 Å². The van der Waals surface area contributed by atoms with Crippen LogP contribution < -0.4 is 0 Å². The Kier molecular flexibility index (Phi) is 5.73. The maximum atomic E-state index is 6.07. The van der Waals surface area contributed by atoms with Gasteiger partial charge in [0, 0.05) is 25.1 Å². The van der Waals surface area contributed by atoms with Gasteiger partial charge in [0.15, 0.2) is 0 Å². The van der Waals surface area contributed by atoms with Crippen molar-refractivity contribution < 1.29 is 9.47 Å². The molecule has 2 atom stereocenters. The van der Waals surface area contributed by atoms with Crippen LogP contribution in [0.2, 0.25) is 0 Å². The van der Waals surface area contributed by atoms with Crippen LogP contribution in [0.4, 0.5) is 0 Å². The van der Waals surface area contributed by atoms with Crippen molar-refractivity contribution in [3.8, 4) is 0 Å². The molecule has 0 aliphatic carbocycles. The molecule has 3 nitrogen and oxygen atoms in total. The fourth-order valence-electron chi connectivity index (χ4n) is 4.00. The summed E-state index contributed by atoms with van der Waals surface area (Å²) in [5.74, 6) is 0.585. The minimum atomic E-state index is 0.271. The number of ether oxygens (including phenoxy) is 2. The number of benzene rings is 1. The Hall–Kier alpha value is -0.900. The Labute approximate surface area is 141 Å². The summed E-state index contributed by atoms with van der Waals surface area (Å²) in [5, 5.41) is 0. The van der Waals surface area contributed by atoms with Gasteiger partial charge in [0.2, 0.25) is 0 Å². The first-order valence-electron chi connectivity index (χ1n) is 9.17. The summed E-state index contributed by atoms with van der Waals surface area (Å²) in [7, 11) is 0. The van der Waals surface area contributed by atoms with Crippen LogP contribution in [0, 0.1) is 5.92 Å². The fraction of sp³-hybridized carbons (Fsp3) is 0.700. The van der Waals surface area contributed by atoms with Gasteiger partial charge in [0.25, 0.3) is 0 Å². The van der Waals surface area contributed by atoms with Crippen molar-refractivity contribution in [2.24, 2.45) is 5.92 Å². The SMILES string of the molecule is CC(C)[C@H]1C[C@](CCN2CCOCC2)(c2ccccc2)CCO1. The second kappa shape index (κ2) is 7.78. The lowest BCUT2D eigenvalue weighted by Gasteiger charge is -2.44. The summed E-state index contributed by atoms with van der Waals surface area (Å²) in [6.07, 6.45) is 3.90. The molecule has 1 aromatic carbocycles. The van der Waals surface area contributed by atoms with Gasteiger partial charge < -0.3 is 9.47 Å². The summed E-state index contributed by atoms with van der Waals surface area (Å²) in [6, 6.07) is 11.1. The molecule has 0 unspecified atom stereocenters. The Bertz CT molecular complexity index is 470. The number of rotatable bonds is 5. The van der Waals surface area contributed by atoms with E-state index in [1.54, 1.807) is 0 Å². The summed E-state index contributed by atoms with van der Waals surface area (Å²) < 4.78 is 11.6. The van der Waals surface area contributed by atoms with Gasteiger partial charge >= 0.3 is 0 Å². The molecule has 23 heavy (non-hydrogen) atoms. The van der Waals surface area contributed by atoms with Gasteiger partial charge in [-0.2, -0.15) is 0 Å². The summed E-state index contributed by atoms with van der Waals surface area (Å²) >= 11 is 0. The van der Waals surface area contributed by atoms with E-state index in [4.69, 9.17) is 9.47 Å². The van der Waals surface area contributed by atoms with Gasteiger partial charge in [-0.25, -0.2) is 0 Å². The number of hydrogen-bond acceptors (Lipinski definition) is 3. The van der Waals surface area contributed by atoms with Crippen LogP contribution in [0.3, 0.4) is 0 Å². The predicted molar refractivity (Wildman–Crippen MR) is 93.8 cm³/mol. The second-order valence-corrected chi connectivity index (χ2v) is 7.46. The lowest BCUT2D eigenvalue weighted by molar-refractivity contribution is -0.0506. The highest BCUT2D eigenvalue weighted by Gasteiger charge is 2.39. The number of morpholine rings is 1. The molecule has 128 valence electrons. The second-order valence-electron chi connectivity index (χ2n) is 7.46. The zero-order valence-electron chi connectivity index (χ0n) is 14.7. The monoisotopic (exact) mass is 317 g/mol. The first-order chi connectivity index (χ1) is 11.2. The summed E-state index contributed by atoms with van der Waals surface area (Å²) in [6.45, 7) is 10.6. The van der Waals surface area contributed by atoms with Gasteiger partial charge in [-0.1, -0.05) is 44.2 Å². The van der Waals surface area contributed by atoms with Crippen LogP contribution in [0.5, 0.6) is 0 Å². The van der Waals surface area contributed by atoms with E-state index in [1.807, 2.05) is 0 Å². The molecule has 0 saturated carbocycles. The van der Waals surface area contributed by atoms with E-state index >= 15 is 0 Å². The molecule has 1 aromatic rings. The predicted octanol–water partition coefficient (Wildman–Crippen LogP) is 3.48. The molecule has 0 spiro atoms. The molecule has 2 saturated heterocycles. The smallest absolute Gasteiger partial charge is 0.0606 e. The lowest BCUT2D eigenvalue weighted by Crippen LogP contribution is -2.44. The zero-order chi connectivity index (χ0) is 16.1. The van der Waals surface area contributed by atoms with Crippen molar-refractivity contribution in [2.45, 2.75) is 44.6 Å². The van der Waals surface area contributed by atoms with Crippen LogP contribution in [-0.2, 0) is 14.9 Å². The third-order valence-electron chi connectivity index (χ3n) is 5.64. The summed E-state index contributed by atoms with van der Waals surface area (Å²) in [4.78, 5) is 2.56. The van der Waals surface area contributed by atoms with E-state index in [-0.39, 0.29) is 5.41 Å². The van der Waals surface area contributed by atoms with Crippen molar-refractivity contribution >= 4 is 0 Å². The molecule has 0 radical (unpaired) electrons. The van der Waals surface area contributed by atoms with Gasteiger partial charge in [-0.05, 0) is 37.3 Å². The van der Waals surface area contributed by atoms with E-state index < -0.39 is 0 Å². The van der Waals surface area contributed by atoms with E-state index in [0.29, 0.717) is 12.0 Å². The number of hydrogen-bond donors (Lipinski definition) is 0. The minimum Gasteiger partial charge on any atom is -0.379 e. The van der Waals surface area contributed by atoms with Gasteiger partial charge in [-0.15, -0.1) is 0 Å². The molecule has 2 heterocycles. The molecule has 0 N–H and O–H groups in total. The first-order valence-corrected chi connectivity index (χ1v) is 9.17. The molecule has 2 aliphatic rings. The molecule has 3 rings (SSSR count). The van der Waals surface area contributed by atoms with Crippen molar-refractivity contribution in [1.82, 2.24) is 4.90 Å². The van der Waals surface area contributed by atoms with Crippen LogP contribution in [0.25, 0.3) is 0 Å². The largest absolute Gasteiger partial charge is 0.379 e. The Morgan fingerprint density at radius 3 is 2.57 bits per heavy atom. The van der Waals surface area contributed by atoms with Crippen molar-refractivity contribution in [1.29, 1.82) is 0 Å². The van der Waals surface area contributed by atoms with Crippen LogP contribution >= 0.6 is 0 Å². The molecule has 3 heteroatoms. The zero-order valence-corrected chi connectivity index (χ0v) is 14.7. The van der Waals surface area contributed by atoms with Crippen LogP contribution in [-0.4, -0.2) is 50.5 Å². The molecular weight excluding hydrogens is 286 g/mol.